The lowest BCUT2D eigenvalue weighted by Gasteiger charge is -2.32. The van der Waals surface area contributed by atoms with Gasteiger partial charge in [-0.2, -0.15) is 0 Å². The van der Waals surface area contributed by atoms with Gasteiger partial charge >= 0.3 is 0 Å². The lowest BCUT2D eigenvalue weighted by atomic mass is 9.84. The van der Waals surface area contributed by atoms with Crippen molar-refractivity contribution in [3.05, 3.63) is 22.2 Å². The number of allylic oxidation sites excluding steroid dienone is 4. The van der Waals surface area contributed by atoms with Crippen molar-refractivity contribution in [2.45, 2.75) is 14.1 Å². The average molecular weight is 353 g/mol. The maximum absolute atomic E-state index is 11.9. The fourth-order valence-electron chi connectivity index (χ4n) is 2.94. The Kier molecular flexibility index (Phi) is 2.51. The molecule has 0 aromatic rings. The summed E-state index contributed by atoms with van der Waals surface area (Å²) in [6.45, 7) is 0. The summed E-state index contributed by atoms with van der Waals surface area (Å²) in [5, 5.41) is 0.195. The van der Waals surface area contributed by atoms with E-state index in [4.69, 9.17) is 69.6 Å². The Morgan fingerprint density at radius 1 is 1.00 bits per heavy atom. The Morgan fingerprint density at radius 2 is 1.53 bits per heavy atom. The minimum Gasteiger partial charge on any atom is -0.294 e. The van der Waals surface area contributed by atoms with Crippen molar-refractivity contribution in [2.24, 2.45) is 11.8 Å². The first-order valence-corrected chi connectivity index (χ1v) is 7.01. The summed E-state index contributed by atoms with van der Waals surface area (Å²) in [5.74, 6) is -1.27. The SMILES string of the molecule is O=C1C=C[C@@H]2[C@H]1[C@]1(Cl)C(Cl)=C(Cl)[C@@]2(Cl)C1(Cl)Cl. The smallest absolute Gasteiger partial charge is 0.167 e. The highest BCUT2D eigenvalue weighted by molar-refractivity contribution is 6.66. The molecule has 3 aliphatic rings. The quantitative estimate of drug-likeness (QED) is 0.597. The normalized spacial score (nSPS) is 50.4. The second-order valence-electron chi connectivity index (χ2n) is 4.39. The van der Waals surface area contributed by atoms with Crippen LogP contribution in [0, 0.1) is 11.8 Å². The van der Waals surface area contributed by atoms with Crippen LogP contribution in [-0.4, -0.2) is 19.9 Å². The predicted octanol–water partition coefficient (Wildman–Crippen LogP) is 4.20. The maximum Gasteiger partial charge on any atom is 0.167 e. The van der Waals surface area contributed by atoms with Crippen molar-refractivity contribution in [3.63, 3.8) is 0 Å². The molecule has 3 aliphatic carbocycles. The van der Waals surface area contributed by atoms with Crippen LogP contribution in [0.25, 0.3) is 0 Å². The molecule has 17 heavy (non-hydrogen) atoms. The van der Waals surface area contributed by atoms with Crippen LogP contribution in [0.5, 0.6) is 0 Å². The Hall–Kier alpha value is 0.890. The summed E-state index contributed by atoms with van der Waals surface area (Å²) in [7, 11) is 0. The average Bonchev–Trinajstić information content (AvgIpc) is 2.73. The highest BCUT2D eigenvalue weighted by Crippen LogP contribution is 2.77. The first-order valence-electron chi connectivity index (χ1n) is 4.74. The molecule has 2 bridgehead atoms. The van der Waals surface area contributed by atoms with Gasteiger partial charge in [-0.25, -0.2) is 0 Å². The van der Waals surface area contributed by atoms with Gasteiger partial charge in [-0.1, -0.05) is 52.5 Å². The highest BCUT2D eigenvalue weighted by atomic mass is 35.5. The summed E-state index contributed by atoms with van der Waals surface area (Å²) in [6.07, 6.45) is 3.07. The van der Waals surface area contributed by atoms with E-state index in [-0.39, 0.29) is 15.8 Å². The van der Waals surface area contributed by atoms with Gasteiger partial charge in [-0.05, 0) is 6.08 Å². The van der Waals surface area contributed by atoms with Crippen molar-refractivity contribution in [2.75, 3.05) is 0 Å². The third-order valence-electron chi connectivity index (χ3n) is 3.77. The monoisotopic (exact) mass is 350 g/mol. The van der Waals surface area contributed by atoms with E-state index in [0.29, 0.717) is 0 Å². The molecule has 0 N–H and O–H groups in total. The number of rotatable bonds is 0. The van der Waals surface area contributed by atoms with E-state index in [2.05, 4.69) is 0 Å². The summed E-state index contributed by atoms with van der Waals surface area (Å²) in [6, 6.07) is 0. The summed E-state index contributed by atoms with van der Waals surface area (Å²) < 4.78 is -1.62. The van der Waals surface area contributed by atoms with Gasteiger partial charge in [0.15, 0.2) is 10.1 Å². The van der Waals surface area contributed by atoms with Gasteiger partial charge < -0.3 is 0 Å². The molecule has 0 aromatic carbocycles. The standard InChI is InChI=1S/C10H4Cl6O/c11-6-7(12)9(14)5-3(1-2-4(5)17)8(6,13)10(9,15)16/h1-3,5H/t3-,5-,8-,9+/m1/s1. The van der Waals surface area contributed by atoms with Crippen LogP contribution < -0.4 is 0 Å². The molecule has 0 heterocycles. The van der Waals surface area contributed by atoms with Crippen molar-refractivity contribution >= 4 is 75.4 Å². The number of alkyl halides is 4. The van der Waals surface area contributed by atoms with Gasteiger partial charge in [0, 0.05) is 5.92 Å². The molecule has 1 nitrogen and oxygen atoms in total. The summed E-state index contributed by atoms with van der Waals surface area (Å²) in [5.41, 5.74) is 0. The Labute approximate surface area is 128 Å². The van der Waals surface area contributed by atoms with E-state index >= 15 is 0 Å². The fraction of sp³-hybridized carbons (Fsp3) is 0.500. The van der Waals surface area contributed by atoms with Gasteiger partial charge in [-0.15, -0.1) is 23.2 Å². The fourth-order valence-corrected chi connectivity index (χ4v) is 5.90. The lowest BCUT2D eigenvalue weighted by Crippen LogP contribution is -2.45. The highest BCUT2D eigenvalue weighted by Gasteiger charge is 2.83. The molecule has 0 aliphatic heterocycles. The van der Waals surface area contributed by atoms with Gasteiger partial charge in [-0.3, -0.25) is 4.79 Å². The molecule has 4 atom stereocenters. The van der Waals surface area contributed by atoms with Crippen LogP contribution in [-0.2, 0) is 4.79 Å². The molecular formula is C10H4Cl6O. The minimum absolute atomic E-state index is 0.0686. The minimum atomic E-state index is -1.62. The third kappa shape index (κ3) is 1.04. The van der Waals surface area contributed by atoms with E-state index in [9.17, 15) is 4.79 Å². The van der Waals surface area contributed by atoms with Gasteiger partial charge in [0.05, 0.1) is 16.0 Å². The number of carbonyl (C=O) groups excluding carboxylic acids is 1. The van der Waals surface area contributed by atoms with Crippen LogP contribution in [0.3, 0.4) is 0 Å². The van der Waals surface area contributed by atoms with Crippen molar-refractivity contribution in [1.29, 1.82) is 0 Å². The van der Waals surface area contributed by atoms with Gasteiger partial charge in [0.1, 0.15) is 9.75 Å². The Morgan fingerprint density at radius 3 is 2.12 bits per heavy atom. The first-order chi connectivity index (χ1) is 7.70. The molecule has 0 amide bonds. The third-order valence-corrected chi connectivity index (χ3v) is 8.04. The number of hydrogen-bond donors (Lipinski definition) is 0. The first kappa shape index (κ1) is 12.9. The van der Waals surface area contributed by atoms with E-state index < -0.39 is 25.9 Å². The largest absolute Gasteiger partial charge is 0.294 e. The predicted molar refractivity (Wildman–Crippen MR) is 71.5 cm³/mol. The summed E-state index contributed by atoms with van der Waals surface area (Å²) in [4.78, 5) is 9.06. The molecule has 92 valence electrons. The molecule has 0 unspecified atom stereocenters. The zero-order chi connectivity index (χ0) is 12.8. The zero-order valence-electron chi connectivity index (χ0n) is 7.99. The second-order valence-corrected chi connectivity index (χ2v) is 7.67. The van der Waals surface area contributed by atoms with Crippen LogP contribution in [0.2, 0.25) is 0 Å². The molecule has 0 aromatic heterocycles. The van der Waals surface area contributed by atoms with Crippen LogP contribution >= 0.6 is 69.6 Å². The number of fused-ring (bicyclic) bond motifs is 5. The molecule has 7 heteroatoms. The topological polar surface area (TPSA) is 17.1 Å². The van der Waals surface area contributed by atoms with E-state index in [1.54, 1.807) is 6.08 Å². The lowest BCUT2D eigenvalue weighted by molar-refractivity contribution is -0.118. The number of carbonyl (C=O) groups is 1. The summed E-state index contributed by atoms with van der Waals surface area (Å²) >= 11 is 37.6. The molecule has 0 saturated heterocycles. The Bertz CT molecular complexity index is 505. The van der Waals surface area contributed by atoms with Gasteiger partial charge in [0.25, 0.3) is 0 Å². The number of hydrogen-bond acceptors (Lipinski definition) is 1. The molecule has 3 rings (SSSR count). The van der Waals surface area contributed by atoms with E-state index in [1.165, 1.54) is 6.08 Å². The number of halogens is 6. The van der Waals surface area contributed by atoms with E-state index in [1.807, 2.05) is 0 Å². The van der Waals surface area contributed by atoms with Crippen molar-refractivity contribution in [1.82, 2.24) is 0 Å². The zero-order valence-corrected chi connectivity index (χ0v) is 12.5. The van der Waals surface area contributed by atoms with Crippen molar-refractivity contribution in [3.8, 4) is 0 Å². The molecule has 0 spiro atoms. The molecule has 1 saturated carbocycles. The van der Waals surface area contributed by atoms with Gasteiger partial charge in [0.2, 0.25) is 0 Å². The molecule has 1 fully saturated rings. The molecular weight excluding hydrogens is 349 g/mol. The maximum atomic E-state index is 11.9. The van der Waals surface area contributed by atoms with Crippen LogP contribution in [0.15, 0.2) is 22.2 Å². The van der Waals surface area contributed by atoms with Crippen LogP contribution in [0.4, 0.5) is 0 Å². The van der Waals surface area contributed by atoms with Crippen molar-refractivity contribution < 1.29 is 4.79 Å². The Balaban J connectivity index is 2.35. The van der Waals surface area contributed by atoms with E-state index in [0.717, 1.165) is 0 Å². The van der Waals surface area contributed by atoms with Crippen LogP contribution in [0.1, 0.15) is 0 Å². The molecule has 0 radical (unpaired) electrons. The second kappa shape index (κ2) is 3.31. The number of ketones is 1.